The molecular formula is C19H29NO5S. The van der Waals surface area contributed by atoms with Crippen LogP contribution in [0.2, 0.25) is 0 Å². The highest BCUT2D eigenvalue weighted by atomic mass is 32.2. The Morgan fingerprint density at radius 2 is 1.38 bits per heavy atom. The highest BCUT2D eigenvalue weighted by molar-refractivity contribution is 7.94. The molecule has 26 heavy (non-hydrogen) atoms. The van der Waals surface area contributed by atoms with Gasteiger partial charge in [-0.15, -0.1) is 0 Å². The van der Waals surface area contributed by atoms with Crippen LogP contribution in [-0.2, 0) is 28.8 Å². The van der Waals surface area contributed by atoms with Crippen LogP contribution in [0.15, 0.2) is 33.5 Å². The lowest BCUT2D eigenvalue weighted by Crippen LogP contribution is -2.29. The molecule has 0 aliphatic heterocycles. The Kier molecular flexibility index (Phi) is 6.99. The average Bonchev–Trinajstić information content (AvgIpc) is 2.42. The Morgan fingerprint density at radius 1 is 0.923 bits per heavy atom. The summed E-state index contributed by atoms with van der Waals surface area (Å²) in [4.78, 5) is 24.5. The lowest BCUT2D eigenvalue weighted by molar-refractivity contribution is -0.153. The van der Waals surface area contributed by atoms with Gasteiger partial charge in [-0.05, 0) is 60.6 Å². The van der Waals surface area contributed by atoms with E-state index >= 15 is 0 Å². The molecular weight excluding hydrogens is 354 g/mol. The molecule has 1 aromatic rings. The van der Waals surface area contributed by atoms with E-state index < -0.39 is 45.2 Å². The zero-order valence-electron chi connectivity index (χ0n) is 16.6. The molecule has 0 fully saturated rings. The maximum Gasteiger partial charge on any atom is 0.328 e. The normalized spacial score (nSPS) is 14.3. The number of carbonyl (C=O) groups excluding carboxylic acids is 2. The molecule has 1 unspecified atom stereocenters. The summed E-state index contributed by atoms with van der Waals surface area (Å²) in [5.41, 5.74) is -0.377. The number of ether oxygens (including phenoxy) is 2. The summed E-state index contributed by atoms with van der Waals surface area (Å²) in [7, 11) is -3.16. The number of nitrogens with zero attached hydrogens (tertiary/aromatic N) is 1. The second kappa shape index (κ2) is 8.20. The summed E-state index contributed by atoms with van der Waals surface area (Å²) >= 11 is 0. The largest absolute Gasteiger partial charge is 0.459 e. The Balaban J connectivity index is 3.15. The summed E-state index contributed by atoms with van der Waals surface area (Å²) in [6.45, 7) is 11.9. The molecule has 0 saturated carbocycles. The van der Waals surface area contributed by atoms with Gasteiger partial charge in [0.25, 0.3) is 0 Å². The quantitative estimate of drug-likeness (QED) is 0.727. The molecule has 0 spiro atoms. The van der Waals surface area contributed by atoms with Crippen LogP contribution in [0.4, 0.5) is 0 Å². The molecule has 1 atom stereocenters. The van der Waals surface area contributed by atoms with Gasteiger partial charge in [-0.3, -0.25) is 9.59 Å². The Bertz CT molecular complexity index is 761. The highest BCUT2D eigenvalue weighted by Crippen LogP contribution is 2.18. The van der Waals surface area contributed by atoms with Gasteiger partial charge in [0.2, 0.25) is 0 Å². The first-order valence-electron chi connectivity index (χ1n) is 8.41. The van der Waals surface area contributed by atoms with E-state index in [1.165, 1.54) is 0 Å². The maximum atomic E-state index is 13.4. The smallest absolute Gasteiger partial charge is 0.328 e. The van der Waals surface area contributed by atoms with Gasteiger partial charge in [-0.2, -0.15) is 0 Å². The van der Waals surface area contributed by atoms with Crippen molar-refractivity contribution in [3.63, 3.8) is 0 Å². The van der Waals surface area contributed by atoms with E-state index in [0.29, 0.717) is 4.90 Å². The third-order valence-electron chi connectivity index (χ3n) is 2.95. The van der Waals surface area contributed by atoms with Gasteiger partial charge >= 0.3 is 11.9 Å². The molecule has 0 bridgehead atoms. The van der Waals surface area contributed by atoms with Gasteiger partial charge in [0, 0.05) is 4.90 Å². The molecule has 1 aromatic carbocycles. The lowest BCUT2D eigenvalue weighted by atomic mass is 10.2. The van der Waals surface area contributed by atoms with Crippen LogP contribution in [0.25, 0.3) is 0 Å². The third-order valence-corrected chi connectivity index (χ3v) is 5.13. The van der Waals surface area contributed by atoms with Gasteiger partial charge in [-0.25, -0.2) is 8.57 Å². The number of carbonyl (C=O) groups is 2. The Labute approximate surface area is 156 Å². The van der Waals surface area contributed by atoms with Gasteiger partial charge in [0.1, 0.15) is 23.5 Å². The van der Waals surface area contributed by atoms with Gasteiger partial charge < -0.3 is 9.47 Å². The number of hydrogen-bond donors (Lipinski definition) is 0. The Morgan fingerprint density at radius 3 is 1.85 bits per heavy atom. The number of hydrogen-bond acceptors (Lipinski definition) is 6. The maximum absolute atomic E-state index is 13.4. The molecule has 6 nitrogen and oxygen atoms in total. The van der Waals surface area contributed by atoms with E-state index in [-0.39, 0.29) is 0 Å². The molecule has 0 radical (unpaired) electrons. The fraction of sp³-hybridized carbons (Fsp3) is 0.579. The number of aryl methyl sites for hydroxylation is 1. The molecule has 1 rings (SSSR count). The minimum absolute atomic E-state index is 0.387. The van der Waals surface area contributed by atoms with Crippen molar-refractivity contribution in [3.05, 3.63) is 29.8 Å². The van der Waals surface area contributed by atoms with Crippen molar-refractivity contribution in [3.8, 4) is 0 Å². The monoisotopic (exact) mass is 383 g/mol. The first-order chi connectivity index (χ1) is 11.7. The average molecular weight is 384 g/mol. The van der Waals surface area contributed by atoms with E-state index in [1.54, 1.807) is 65.8 Å². The molecule has 0 aliphatic rings. The van der Waals surface area contributed by atoms with Gasteiger partial charge in [0.05, 0.1) is 9.73 Å². The molecule has 0 aromatic heterocycles. The highest BCUT2D eigenvalue weighted by Gasteiger charge is 2.24. The summed E-state index contributed by atoms with van der Waals surface area (Å²) in [5.74, 6) is -1.65. The first-order valence-corrected chi connectivity index (χ1v) is 10.1. The second-order valence-corrected chi connectivity index (χ2v) is 10.4. The van der Waals surface area contributed by atoms with Crippen molar-refractivity contribution in [2.45, 2.75) is 64.6 Å². The van der Waals surface area contributed by atoms with Crippen LogP contribution in [0.3, 0.4) is 0 Å². The van der Waals surface area contributed by atoms with Crippen molar-refractivity contribution in [2.24, 2.45) is 4.36 Å². The predicted octanol–water partition coefficient (Wildman–Crippen LogP) is 3.51. The standard InChI is InChI=1S/C19H29NO5S/c1-14-8-10-15(11-9-14)26(23,13-17(22)25-19(5,6)7)20-12-16(21)24-18(2,3)4/h8-11H,12-13H2,1-7H3. The predicted molar refractivity (Wildman–Crippen MR) is 101 cm³/mol. The minimum atomic E-state index is -3.16. The summed E-state index contributed by atoms with van der Waals surface area (Å²) < 4.78 is 27.9. The fourth-order valence-electron chi connectivity index (χ4n) is 2.02. The molecule has 0 heterocycles. The summed E-state index contributed by atoms with van der Waals surface area (Å²) in [6, 6.07) is 6.88. The van der Waals surface area contributed by atoms with E-state index in [1.807, 2.05) is 6.92 Å². The van der Waals surface area contributed by atoms with Gasteiger partial charge in [-0.1, -0.05) is 17.7 Å². The van der Waals surface area contributed by atoms with Crippen molar-refractivity contribution in [1.82, 2.24) is 0 Å². The molecule has 0 N–H and O–H groups in total. The molecule has 0 saturated heterocycles. The van der Waals surface area contributed by atoms with Gasteiger partial charge in [0.15, 0.2) is 0 Å². The zero-order chi connectivity index (χ0) is 20.2. The van der Waals surface area contributed by atoms with Crippen LogP contribution in [0.5, 0.6) is 0 Å². The fourth-order valence-corrected chi connectivity index (χ4v) is 3.68. The first kappa shape index (κ1) is 22.2. The lowest BCUT2D eigenvalue weighted by Gasteiger charge is -2.21. The van der Waals surface area contributed by atoms with E-state index in [0.717, 1.165) is 5.56 Å². The Hall–Kier alpha value is -1.89. The summed E-state index contributed by atoms with van der Waals surface area (Å²) in [6.07, 6.45) is 0. The molecule has 0 amide bonds. The number of benzene rings is 1. The van der Waals surface area contributed by atoms with Crippen molar-refractivity contribution in [2.75, 3.05) is 12.3 Å². The van der Waals surface area contributed by atoms with E-state index in [2.05, 4.69) is 4.36 Å². The number of esters is 2. The van der Waals surface area contributed by atoms with Crippen LogP contribution < -0.4 is 0 Å². The van der Waals surface area contributed by atoms with Crippen LogP contribution in [-0.4, -0.2) is 39.6 Å². The van der Waals surface area contributed by atoms with Crippen LogP contribution >= 0.6 is 0 Å². The SMILES string of the molecule is Cc1ccc(S(=O)(CC(=O)OC(C)(C)C)=NCC(=O)OC(C)(C)C)cc1. The molecule has 7 heteroatoms. The van der Waals surface area contributed by atoms with Crippen LogP contribution in [0.1, 0.15) is 47.1 Å². The zero-order valence-corrected chi connectivity index (χ0v) is 17.4. The second-order valence-electron chi connectivity index (χ2n) is 8.06. The van der Waals surface area contributed by atoms with Crippen molar-refractivity contribution in [1.29, 1.82) is 0 Å². The molecule has 0 aliphatic carbocycles. The van der Waals surface area contributed by atoms with Crippen LogP contribution in [0, 0.1) is 6.92 Å². The van der Waals surface area contributed by atoms with Crippen molar-refractivity contribution >= 4 is 21.7 Å². The molecule has 146 valence electrons. The van der Waals surface area contributed by atoms with E-state index in [4.69, 9.17) is 9.47 Å². The van der Waals surface area contributed by atoms with E-state index in [9.17, 15) is 13.8 Å². The minimum Gasteiger partial charge on any atom is -0.459 e. The number of rotatable bonds is 5. The summed E-state index contributed by atoms with van der Waals surface area (Å²) in [5, 5.41) is 0. The topological polar surface area (TPSA) is 82.0 Å². The third kappa shape index (κ3) is 7.99. The van der Waals surface area contributed by atoms with Crippen molar-refractivity contribution < 1.29 is 23.3 Å².